The maximum atomic E-state index is 14.3. The molecule has 8 nitrogen and oxygen atoms in total. The van der Waals surface area contributed by atoms with Crippen molar-refractivity contribution in [1.82, 2.24) is 19.7 Å². The first-order chi connectivity index (χ1) is 14.6. The average Bonchev–Trinajstić information content (AvgIpc) is 3.43. The molecule has 0 spiro atoms. The zero-order valence-electron chi connectivity index (χ0n) is 16.3. The van der Waals surface area contributed by atoms with Crippen LogP contribution in [-0.4, -0.2) is 25.7 Å². The van der Waals surface area contributed by atoms with Gasteiger partial charge >= 0.3 is 0 Å². The molecule has 154 valence electrons. The van der Waals surface area contributed by atoms with Gasteiger partial charge in [0.15, 0.2) is 11.6 Å². The van der Waals surface area contributed by atoms with Crippen LogP contribution >= 0.6 is 0 Å². The first kappa shape index (κ1) is 19.6. The monoisotopic (exact) mass is 407 g/mol. The minimum Gasteiger partial charge on any atom is -0.338 e. The Kier molecular flexibility index (Phi) is 5.69. The van der Waals surface area contributed by atoms with E-state index in [4.69, 9.17) is 0 Å². The summed E-state index contributed by atoms with van der Waals surface area (Å²) in [5.41, 5.74) is 1.86. The smallest absolute Gasteiger partial charge is 0.247 e. The number of benzene rings is 1. The van der Waals surface area contributed by atoms with Crippen molar-refractivity contribution in [2.24, 2.45) is 0 Å². The fourth-order valence-electron chi connectivity index (χ4n) is 3.42. The van der Waals surface area contributed by atoms with Crippen molar-refractivity contribution in [1.29, 1.82) is 0 Å². The first-order valence-corrected chi connectivity index (χ1v) is 9.75. The fraction of sp³-hybridized carbons (Fsp3) is 0.238. The van der Waals surface area contributed by atoms with Crippen LogP contribution in [0.15, 0.2) is 55.5 Å². The summed E-state index contributed by atoms with van der Waals surface area (Å²) in [5.74, 6) is -0.656. The Labute approximate surface area is 173 Å². The Morgan fingerprint density at radius 1 is 1.17 bits per heavy atom. The number of hydrogen-bond donors (Lipinski definition) is 3. The lowest BCUT2D eigenvalue weighted by atomic mass is 10.2. The van der Waals surface area contributed by atoms with Crippen LogP contribution in [0.3, 0.4) is 0 Å². The Hall–Kier alpha value is -3.75. The molecule has 0 bridgehead atoms. The zero-order chi connectivity index (χ0) is 20.9. The number of nitrogens with zero attached hydrogens (tertiary/aromatic N) is 4. The molecule has 3 aromatic rings. The van der Waals surface area contributed by atoms with Gasteiger partial charge in [-0.15, -0.1) is 0 Å². The molecule has 2 heterocycles. The maximum absolute atomic E-state index is 14.3. The van der Waals surface area contributed by atoms with Crippen molar-refractivity contribution in [3.63, 3.8) is 0 Å². The van der Waals surface area contributed by atoms with E-state index in [0.717, 1.165) is 24.7 Å². The molecular weight excluding hydrogens is 385 g/mol. The Balaban J connectivity index is 1.48. The van der Waals surface area contributed by atoms with Crippen molar-refractivity contribution in [2.45, 2.75) is 31.7 Å². The third-order valence-corrected chi connectivity index (χ3v) is 4.88. The van der Waals surface area contributed by atoms with Gasteiger partial charge in [0.05, 0.1) is 24.1 Å². The molecule has 1 aliphatic rings. The normalized spacial score (nSPS) is 13.8. The lowest BCUT2D eigenvalue weighted by molar-refractivity contribution is -0.111. The molecule has 30 heavy (non-hydrogen) atoms. The topological polar surface area (TPSA) is 96.8 Å². The number of halogens is 1. The number of rotatable bonds is 7. The minimum absolute atomic E-state index is 0.0166. The summed E-state index contributed by atoms with van der Waals surface area (Å²) >= 11 is 0. The van der Waals surface area contributed by atoms with Crippen LogP contribution in [0.5, 0.6) is 0 Å². The van der Waals surface area contributed by atoms with E-state index in [1.165, 1.54) is 18.9 Å². The first-order valence-electron chi connectivity index (χ1n) is 9.75. The van der Waals surface area contributed by atoms with E-state index >= 15 is 0 Å². The Morgan fingerprint density at radius 2 is 1.97 bits per heavy atom. The van der Waals surface area contributed by atoms with E-state index in [1.54, 1.807) is 30.5 Å². The molecule has 3 N–H and O–H groups in total. The molecule has 4 rings (SSSR count). The summed E-state index contributed by atoms with van der Waals surface area (Å²) in [5, 5.41) is 13.0. The predicted molar refractivity (Wildman–Crippen MR) is 114 cm³/mol. The number of anilines is 5. The summed E-state index contributed by atoms with van der Waals surface area (Å²) in [4.78, 5) is 19.7. The molecule has 1 fully saturated rings. The van der Waals surface area contributed by atoms with Crippen molar-refractivity contribution in [2.75, 3.05) is 16.0 Å². The largest absolute Gasteiger partial charge is 0.338 e. The van der Waals surface area contributed by atoms with Crippen LogP contribution in [0, 0.1) is 5.82 Å². The number of aromatic nitrogens is 4. The van der Waals surface area contributed by atoms with E-state index in [-0.39, 0.29) is 17.7 Å². The number of amides is 1. The molecule has 1 aliphatic carbocycles. The number of carbonyl (C=O) groups excluding carboxylic acids is 1. The second-order valence-electron chi connectivity index (χ2n) is 7.06. The van der Waals surface area contributed by atoms with E-state index < -0.39 is 5.82 Å². The SMILES string of the molecule is C=CC(=O)Nc1cccc(Nc2nc(Nc3cnn(C4CCCC4)c3)ncc2F)c1. The van der Waals surface area contributed by atoms with Crippen LogP contribution in [0.1, 0.15) is 31.7 Å². The fourth-order valence-corrected chi connectivity index (χ4v) is 3.42. The van der Waals surface area contributed by atoms with Crippen molar-refractivity contribution in [3.8, 4) is 0 Å². The van der Waals surface area contributed by atoms with Gasteiger partial charge in [-0.1, -0.05) is 25.5 Å². The van der Waals surface area contributed by atoms with E-state index in [0.29, 0.717) is 17.4 Å². The van der Waals surface area contributed by atoms with E-state index in [2.05, 4.69) is 37.6 Å². The highest BCUT2D eigenvalue weighted by molar-refractivity contribution is 5.99. The summed E-state index contributed by atoms with van der Waals surface area (Å²) in [6, 6.07) is 7.29. The molecular formula is C21H22FN7O. The number of nitrogens with one attached hydrogen (secondary N) is 3. The Morgan fingerprint density at radius 3 is 2.77 bits per heavy atom. The second kappa shape index (κ2) is 8.73. The molecule has 1 amide bonds. The van der Waals surface area contributed by atoms with E-state index in [1.807, 2.05) is 10.9 Å². The lowest BCUT2D eigenvalue weighted by Gasteiger charge is -2.10. The Bertz CT molecular complexity index is 1060. The standard InChI is InChI=1S/C21H22FN7O/c1-2-19(30)25-14-6-5-7-15(10-14)26-20-18(22)12-23-21(28-20)27-16-11-24-29(13-16)17-8-3-4-9-17/h2,5-7,10-13,17H,1,3-4,8-9H2,(H,25,30)(H2,23,26,27,28). The summed E-state index contributed by atoms with van der Waals surface area (Å²) in [7, 11) is 0. The highest BCUT2D eigenvalue weighted by atomic mass is 19.1. The molecule has 0 unspecified atom stereocenters. The zero-order valence-corrected chi connectivity index (χ0v) is 16.3. The van der Waals surface area contributed by atoms with Crippen molar-refractivity contribution in [3.05, 3.63) is 61.3 Å². The molecule has 2 aromatic heterocycles. The maximum Gasteiger partial charge on any atom is 0.247 e. The quantitative estimate of drug-likeness (QED) is 0.498. The van der Waals surface area contributed by atoms with Gasteiger partial charge in [-0.2, -0.15) is 10.1 Å². The van der Waals surface area contributed by atoms with Crippen molar-refractivity contribution < 1.29 is 9.18 Å². The van der Waals surface area contributed by atoms with Crippen LogP contribution in [-0.2, 0) is 4.79 Å². The van der Waals surface area contributed by atoms with Crippen LogP contribution < -0.4 is 16.0 Å². The predicted octanol–water partition coefficient (Wildman–Crippen LogP) is 4.54. The minimum atomic E-state index is -0.595. The number of hydrogen-bond acceptors (Lipinski definition) is 6. The summed E-state index contributed by atoms with van der Waals surface area (Å²) < 4.78 is 16.2. The summed E-state index contributed by atoms with van der Waals surface area (Å²) in [6.07, 6.45) is 10.6. The second-order valence-corrected chi connectivity index (χ2v) is 7.06. The van der Waals surface area contributed by atoms with Crippen LogP contribution in [0.4, 0.5) is 33.2 Å². The summed E-state index contributed by atoms with van der Waals surface area (Å²) in [6.45, 7) is 3.42. The van der Waals surface area contributed by atoms with Gasteiger partial charge in [0.2, 0.25) is 11.9 Å². The molecule has 0 aliphatic heterocycles. The van der Waals surface area contributed by atoms with Crippen LogP contribution in [0.25, 0.3) is 0 Å². The molecule has 1 saturated carbocycles. The highest BCUT2D eigenvalue weighted by Gasteiger charge is 2.18. The van der Waals surface area contributed by atoms with Gasteiger partial charge in [0.1, 0.15) is 0 Å². The molecule has 1 aromatic carbocycles. The number of carbonyl (C=O) groups is 1. The van der Waals surface area contributed by atoms with Gasteiger partial charge < -0.3 is 16.0 Å². The average molecular weight is 407 g/mol. The van der Waals surface area contributed by atoms with Crippen LogP contribution in [0.2, 0.25) is 0 Å². The van der Waals surface area contributed by atoms with Gasteiger partial charge in [0.25, 0.3) is 0 Å². The third-order valence-electron chi connectivity index (χ3n) is 4.88. The third kappa shape index (κ3) is 4.62. The molecule has 0 atom stereocenters. The molecule has 0 radical (unpaired) electrons. The lowest BCUT2D eigenvalue weighted by Crippen LogP contribution is -2.07. The van der Waals surface area contributed by atoms with Gasteiger partial charge in [-0.05, 0) is 37.1 Å². The molecule has 0 saturated heterocycles. The van der Waals surface area contributed by atoms with Gasteiger partial charge in [-0.3, -0.25) is 9.48 Å². The molecule has 9 heteroatoms. The van der Waals surface area contributed by atoms with E-state index in [9.17, 15) is 9.18 Å². The van der Waals surface area contributed by atoms with Gasteiger partial charge in [0, 0.05) is 17.6 Å². The van der Waals surface area contributed by atoms with Crippen molar-refractivity contribution >= 4 is 34.7 Å². The highest BCUT2D eigenvalue weighted by Crippen LogP contribution is 2.30. The van der Waals surface area contributed by atoms with Gasteiger partial charge in [-0.25, -0.2) is 9.37 Å².